The molecule has 1 unspecified atom stereocenters. The maximum atomic E-state index is 12.2. The van der Waals surface area contributed by atoms with Crippen molar-refractivity contribution in [2.24, 2.45) is 5.92 Å². The molecule has 1 atom stereocenters. The van der Waals surface area contributed by atoms with Gasteiger partial charge in [-0.2, -0.15) is 13.2 Å². The molecule has 0 amide bonds. The number of rotatable bonds is 3. The molecule has 6 heteroatoms. The lowest BCUT2D eigenvalue weighted by molar-refractivity contribution is -0.277. The molecule has 0 aliphatic heterocycles. The van der Waals surface area contributed by atoms with Crippen molar-refractivity contribution in [1.82, 2.24) is 0 Å². The molecule has 13 heavy (non-hydrogen) atoms. The Kier molecular flexibility index (Phi) is 3.32. The Morgan fingerprint density at radius 2 is 1.77 bits per heavy atom. The van der Waals surface area contributed by atoms with Crippen LogP contribution in [0.5, 0.6) is 0 Å². The number of aliphatic hydroxyl groups is 1. The van der Waals surface area contributed by atoms with Gasteiger partial charge >= 0.3 is 12.1 Å². The first kappa shape index (κ1) is 12.2. The zero-order valence-electron chi connectivity index (χ0n) is 7.22. The Balaban J connectivity index is 4.85. The fourth-order valence-corrected chi connectivity index (χ4v) is 0.862. The molecule has 0 bridgehead atoms. The summed E-state index contributed by atoms with van der Waals surface area (Å²) in [6.07, 6.45) is -6.24. The summed E-state index contributed by atoms with van der Waals surface area (Å²) < 4.78 is 36.6. The van der Waals surface area contributed by atoms with Crippen LogP contribution in [0, 0.1) is 5.92 Å². The predicted octanol–water partition coefficient (Wildman–Crippen LogP) is 1.41. The second-order valence-electron chi connectivity index (χ2n) is 3.15. The van der Waals surface area contributed by atoms with Crippen molar-refractivity contribution in [2.75, 3.05) is 0 Å². The molecule has 0 aromatic carbocycles. The van der Waals surface area contributed by atoms with E-state index >= 15 is 0 Å². The lowest BCUT2D eigenvalue weighted by Gasteiger charge is -2.32. The Hall–Kier alpha value is -0.780. The highest BCUT2D eigenvalue weighted by molar-refractivity contribution is 5.68. The van der Waals surface area contributed by atoms with Gasteiger partial charge in [0.1, 0.15) is 0 Å². The quantitative estimate of drug-likeness (QED) is 0.724. The third-order valence-electron chi connectivity index (χ3n) is 1.87. The van der Waals surface area contributed by atoms with Crippen molar-refractivity contribution in [3.05, 3.63) is 0 Å². The molecule has 0 aromatic heterocycles. The van der Waals surface area contributed by atoms with Gasteiger partial charge in [0.05, 0.1) is 6.42 Å². The molecule has 0 saturated heterocycles. The standard InChI is InChI=1S/C7H11F3O3/c1-4(2)6(13,3-5(11)12)7(8,9)10/h4,13H,3H2,1-2H3,(H,11,12). The fraction of sp³-hybridized carbons (Fsp3) is 0.857. The van der Waals surface area contributed by atoms with Crippen LogP contribution in [0.2, 0.25) is 0 Å². The largest absolute Gasteiger partial charge is 0.481 e. The molecule has 0 aliphatic rings. The van der Waals surface area contributed by atoms with Gasteiger partial charge in [0.2, 0.25) is 0 Å². The smallest absolute Gasteiger partial charge is 0.418 e. The van der Waals surface area contributed by atoms with Crippen LogP contribution >= 0.6 is 0 Å². The first-order valence-electron chi connectivity index (χ1n) is 3.62. The summed E-state index contributed by atoms with van der Waals surface area (Å²) in [6, 6.07) is 0. The zero-order chi connectivity index (χ0) is 10.9. The number of carboxylic acid groups (broad SMARTS) is 1. The highest BCUT2D eigenvalue weighted by Gasteiger charge is 2.56. The number of halogens is 3. The molecule has 3 nitrogen and oxygen atoms in total. The highest BCUT2D eigenvalue weighted by Crippen LogP contribution is 2.38. The summed E-state index contributed by atoms with van der Waals surface area (Å²) in [4.78, 5) is 10.1. The minimum Gasteiger partial charge on any atom is -0.481 e. The fourth-order valence-electron chi connectivity index (χ4n) is 0.862. The summed E-state index contributed by atoms with van der Waals surface area (Å²) in [5.74, 6) is -2.86. The van der Waals surface area contributed by atoms with Crippen LogP contribution in [0.1, 0.15) is 20.3 Å². The summed E-state index contributed by atoms with van der Waals surface area (Å²) >= 11 is 0. The number of aliphatic carboxylic acids is 1. The van der Waals surface area contributed by atoms with E-state index in [-0.39, 0.29) is 0 Å². The van der Waals surface area contributed by atoms with Crippen molar-refractivity contribution >= 4 is 5.97 Å². The van der Waals surface area contributed by atoms with Crippen molar-refractivity contribution in [3.63, 3.8) is 0 Å². The number of alkyl halides is 3. The molecule has 0 fully saturated rings. The molecule has 0 saturated carbocycles. The number of carboxylic acids is 1. The first-order chi connectivity index (χ1) is 5.61. The maximum Gasteiger partial charge on any atom is 0.418 e. The number of hydrogen-bond acceptors (Lipinski definition) is 2. The van der Waals surface area contributed by atoms with Crippen LogP contribution in [0.4, 0.5) is 13.2 Å². The van der Waals surface area contributed by atoms with E-state index in [1.54, 1.807) is 0 Å². The summed E-state index contributed by atoms with van der Waals surface area (Å²) in [7, 11) is 0. The normalized spacial score (nSPS) is 17.2. The Morgan fingerprint density at radius 3 is 1.85 bits per heavy atom. The molecule has 0 radical (unpaired) electrons. The van der Waals surface area contributed by atoms with Crippen molar-refractivity contribution in [1.29, 1.82) is 0 Å². The lowest BCUT2D eigenvalue weighted by atomic mass is 9.86. The van der Waals surface area contributed by atoms with Gasteiger partial charge in [0, 0.05) is 0 Å². The van der Waals surface area contributed by atoms with E-state index in [1.807, 2.05) is 0 Å². The van der Waals surface area contributed by atoms with E-state index in [4.69, 9.17) is 10.2 Å². The van der Waals surface area contributed by atoms with E-state index in [2.05, 4.69) is 0 Å². The molecule has 0 rings (SSSR count). The molecule has 0 spiro atoms. The van der Waals surface area contributed by atoms with Crippen LogP contribution in [0.3, 0.4) is 0 Å². The Bertz CT molecular complexity index is 200. The zero-order valence-corrected chi connectivity index (χ0v) is 7.22. The van der Waals surface area contributed by atoms with E-state index in [0.29, 0.717) is 0 Å². The Labute approximate surface area is 73.2 Å². The van der Waals surface area contributed by atoms with Crippen molar-refractivity contribution in [2.45, 2.75) is 32.0 Å². The van der Waals surface area contributed by atoms with Gasteiger partial charge in [-0.3, -0.25) is 4.79 Å². The summed E-state index contributed by atoms with van der Waals surface area (Å²) in [5.41, 5.74) is -3.14. The lowest BCUT2D eigenvalue weighted by Crippen LogP contribution is -2.51. The van der Waals surface area contributed by atoms with Crippen LogP contribution in [-0.4, -0.2) is 28.0 Å². The van der Waals surface area contributed by atoms with Crippen molar-refractivity contribution in [3.8, 4) is 0 Å². The molecule has 2 N–H and O–H groups in total. The molecule has 0 aromatic rings. The van der Waals surface area contributed by atoms with E-state index in [0.717, 1.165) is 13.8 Å². The molecule has 78 valence electrons. The molecule has 0 aliphatic carbocycles. The van der Waals surface area contributed by atoms with Gasteiger partial charge in [0.25, 0.3) is 0 Å². The predicted molar refractivity (Wildman–Crippen MR) is 38.1 cm³/mol. The van der Waals surface area contributed by atoms with Gasteiger partial charge in [0.15, 0.2) is 5.60 Å². The topological polar surface area (TPSA) is 57.5 Å². The second-order valence-corrected chi connectivity index (χ2v) is 3.15. The van der Waals surface area contributed by atoms with E-state index in [9.17, 15) is 18.0 Å². The third kappa shape index (κ3) is 2.58. The average Bonchev–Trinajstić information content (AvgIpc) is 1.82. The highest BCUT2D eigenvalue weighted by atomic mass is 19.4. The van der Waals surface area contributed by atoms with E-state index in [1.165, 1.54) is 0 Å². The van der Waals surface area contributed by atoms with Crippen LogP contribution in [0.25, 0.3) is 0 Å². The third-order valence-corrected chi connectivity index (χ3v) is 1.87. The Morgan fingerprint density at radius 1 is 1.38 bits per heavy atom. The van der Waals surface area contributed by atoms with Gasteiger partial charge in [-0.15, -0.1) is 0 Å². The van der Waals surface area contributed by atoms with Gasteiger partial charge in [-0.05, 0) is 5.92 Å². The monoisotopic (exact) mass is 200 g/mol. The molecular weight excluding hydrogens is 189 g/mol. The second kappa shape index (κ2) is 3.53. The van der Waals surface area contributed by atoms with Crippen LogP contribution in [0.15, 0.2) is 0 Å². The van der Waals surface area contributed by atoms with Gasteiger partial charge in [-0.25, -0.2) is 0 Å². The molecular formula is C7H11F3O3. The first-order valence-corrected chi connectivity index (χ1v) is 3.62. The minimum atomic E-state index is -4.92. The SMILES string of the molecule is CC(C)C(O)(CC(=O)O)C(F)(F)F. The van der Waals surface area contributed by atoms with Crippen LogP contribution in [-0.2, 0) is 4.79 Å². The van der Waals surface area contributed by atoms with Gasteiger partial charge in [-0.1, -0.05) is 13.8 Å². The van der Waals surface area contributed by atoms with Crippen LogP contribution < -0.4 is 0 Å². The average molecular weight is 200 g/mol. The summed E-state index contributed by atoms with van der Waals surface area (Å²) in [6.45, 7) is 2.24. The van der Waals surface area contributed by atoms with Crippen molar-refractivity contribution < 1.29 is 28.2 Å². The minimum absolute atomic E-state index is 1.12. The number of hydrogen-bond donors (Lipinski definition) is 2. The van der Waals surface area contributed by atoms with E-state index < -0.39 is 30.1 Å². The summed E-state index contributed by atoms with van der Waals surface area (Å²) in [5, 5.41) is 17.3. The number of carbonyl (C=O) groups is 1. The maximum absolute atomic E-state index is 12.2. The molecule has 0 heterocycles. The van der Waals surface area contributed by atoms with Gasteiger partial charge < -0.3 is 10.2 Å².